The lowest BCUT2D eigenvalue weighted by Crippen LogP contribution is -2.27. The smallest absolute Gasteiger partial charge is 0.298 e. The summed E-state index contributed by atoms with van der Waals surface area (Å²) >= 11 is 0. The number of rotatable bonds is 5. The SMILES string of the molecule is CC(C)CCN(c1nc2ccc(N)cc2o1)C1CC1. The Bertz CT molecular complexity index is 572. The molecular formula is C15H21N3O. The summed E-state index contributed by atoms with van der Waals surface area (Å²) in [4.78, 5) is 6.91. The van der Waals surface area contributed by atoms with Crippen molar-refractivity contribution in [3.8, 4) is 0 Å². The maximum atomic E-state index is 5.88. The fourth-order valence-corrected chi connectivity index (χ4v) is 2.27. The molecule has 1 aliphatic carbocycles. The first kappa shape index (κ1) is 12.3. The first-order chi connectivity index (χ1) is 9.13. The van der Waals surface area contributed by atoms with Crippen LogP contribution in [0.4, 0.5) is 11.7 Å². The number of nitrogens with zero attached hydrogens (tertiary/aromatic N) is 2. The van der Waals surface area contributed by atoms with Crippen LogP contribution < -0.4 is 10.6 Å². The molecule has 19 heavy (non-hydrogen) atoms. The van der Waals surface area contributed by atoms with Crippen LogP contribution in [0.25, 0.3) is 11.1 Å². The lowest BCUT2D eigenvalue weighted by atomic mass is 10.1. The van der Waals surface area contributed by atoms with Crippen molar-refractivity contribution in [1.82, 2.24) is 4.98 Å². The minimum atomic E-state index is 0.615. The molecule has 0 unspecified atom stereocenters. The summed E-state index contributed by atoms with van der Waals surface area (Å²) < 4.78 is 5.88. The highest BCUT2D eigenvalue weighted by Gasteiger charge is 2.32. The monoisotopic (exact) mass is 259 g/mol. The average molecular weight is 259 g/mol. The van der Waals surface area contributed by atoms with Gasteiger partial charge in [0.25, 0.3) is 6.01 Å². The Balaban J connectivity index is 1.87. The number of benzene rings is 1. The van der Waals surface area contributed by atoms with Crippen LogP contribution in [0, 0.1) is 5.92 Å². The van der Waals surface area contributed by atoms with Gasteiger partial charge in [-0.05, 0) is 37.3 Å². The highest BCUT2D eigenvalue weighted by atomic mass is 16.4. The van der Waals surface area contributed by atoms with Gasteiger partial charge in [0.05, 0.1) is 0 Å². The van der Waals surface area contributed by atoms with Gasteiger partial charge in [-0.3, -0.25) is 0 Å². The van der Waals surface area contributed by atoms with E-state index in [1.165, 1.54) is 12.8 Å². The van der Waals surface area contributed by atoms with E-state index in [1.54, 1.807) is 0 Å². The number of hydrogen-bond acceptors (Lipinski definition) is 4. The summed E-state index contributed by atoms with van der Waals surface area (Å²) in [6.45, 7) is 5.51. The first-order valence-electron chi connectivity index (χ1n) is 7.06. The van der Waals surface area contributed by atoms with Crippen molar-refractivity contribution in [2.24, 2.45) is 5.92 Å². The normalized spacial score (nSPS) is 15.3. The summed E-state index contributed by atoms with van der Waals surface area (Å²) in [5.41, 5.74) is 8.17. The predicted octanol–water partition coefficient (Wildman–Crippen LogP) is 3.42. The first-order valence-corrected chi connectivity index (χ1v) is 7.06. The van der Waals surface area contributed by atoms with E-state index in [9.17, 15) is 0 Å². The van der Waals surface area contributed by atoms with Gasteiger partial charge in [-0.2, -0.15) is 4.98 Å². The third-order valence-corrected chi connectivity index (χ3v) is 3.58. The molecule has 3 rings (SSSR count). The van der Waals surface area contributed by atoms with E-state index in [-0.39, 0.29) is 0 Å². The summed E-state index contributed by atoms with van der Waals surface area (Å²) in [7, 11) is 0. The summed E-state index contributed by atoms with van der Waals surface area (Å²) in [5.74, 6) is 0.696. The Kier molecular flexibility index (Phi) is 3.09. The molecule has 2 N–H and O–H groups in total. The second-order valence-corrected chi connectivity index (χ2v) is 5.83. The van der Waals surface area contributed by atoms with E-state index in [0.29, 0.717) is 12.0 Å². The van der Waals surface area contributed by atoms with Crippen molar-refractivity contribution in [2.45, 2.75) is 39.2 Å². The molecule has 1 aromatic carbocycles. The van der Waals surface area contributed by atoms with Crippen LogP contribution in [0.5, 0.6) is 0 Å². The molecule has 1 aromatic heterocycles. The van der Waals surface area contributed by atoms with Crippen LogP contribution in [-0.4, -0.2) is 17.6 Å². The van der Waals surface area contributed by atoms with E-state index in [0.717, 1.165) is 35.8 Å². The van der Waals surface area contributed by atoms with Gasteiger partial charge < -0.3 is 15.1 Å². The number of anilines is 2. The lowest BCUT2D eigenvalue weighted by Gasteiger charge is -2.20. The molecule has 0 amide bonds. The Labute approximate surface area is 113 Å². The van der Waals surface area contributed by atoms with Gasteiger partial charge in [-0.15, -0.1) is 0 Å². The van der Waals surface area contributed by atoms with E-state index in [2.05, 4.69) is 23.7 Å². The largest absolute Gasteiger partial charge is 0.423 e. The number of oxazole rings is 1. The van der Waals surface area contributed by atoms with E-state index >= 15 is 0 Å². The third kappa shape index (κ3) is 2.67. The molecule has 0 aliphatic heterocycles. The standard InChI is InChI=1S/C15H21N3O/c1-10(2)7-8-18(12-4-5-12)15-17-13-6-3-11(16)9-14(13)19-15/h3,6,9-10,12H,4-5,7-8,16H2,1-2H3. The Morgan fingerprint density at radius 3 is 2.89 bits per heavy atom. The van der Waals surface area contributed by atoms with Gasteiger partial charge in [0.1, 0.15) is 5.52 Å². The van der Waals surface area contributed by atoms with Crippen molar-refractivity contribution < 1.29 is 4.42 Å². The Morgan fingerprint density at radius 2 is 2.21 bits per heavy atom. The van der Waals surface area contributed by atoms with Crippen LogP contribution in [0.2, 0.25) is 0 Å². The Hall–Kier alpha value is -1.71. The number of aromatic nitrogens is 1. The number of fused-ring (bicyclic) bond motifs is 1. The fraction of sp³-hybridized carbons (Fsp3) is 0.533. The fourth-order valence-electron chi connectivity index (χ4n) is 2.27. The molecule has 0 spiro atoms. The molecule has 2 aromatic rings. The second-order valence-electron chi connectivity index (χ2n) is 5.83. The zero-order valence-electron chi connectivity index (χ0n) is 11.6. The molecule has 0 saturated heterocycles. The molecule has 1 aliphatic rings. The molecule has 1 saturated carbocycles. The van der Waals surface area contributed by atoms with E-state index in [1.807, 2.05) is 18.2 Å². The van der Waals surface area contributed by atoms with Crippen molar-refractivity contribution >= 4 is 22.8 Å². The van der Waals surface area contributed by atoms with Gasteiger partial charge in [0.2, 0.25) is 0 Å². The van der Waals surface area contributed by atoms with Gasteiger partial charge in [0, 0.05) is 24.3 Å². The van der Waals surface area contributed by atoms with Crippen LogP contribution in [0.3, 0.4) is 0 Å². The third-order valence-electron chi connectivity index (χ3n) is 3.58. The molecular weight excluding hydrogens is 238 g/mol. The van der Waals surface area contributed by atoms with Gasteiger partial charge in [-0.25, -0.2) is 0 Å². The molecule has 4 heteroatoms. The molecule has 4 nitrogen and oxygen atoms in total. The average Bonchev–Trinajstić information content (AvgIpc) is 3.09. The zero-order chi connectivity index (χ0) is 13.4. The highest BCUT2D eigenvalue weighted by molar-refractivity contribution is 5.78. The van der Waals surface area contributed by atoms with E-state index < -0.39 is 0 Å². The zero-order valence-corrected chi connectivity index (χ0v) is 11.6. The highest BCUT2D eigenvalue weighted by Crippen LogP contribution is 2.33. The number of nitrogens with two attached hydrogens (primary N) is 1. The summed E-state index contributed by atoms with van der Waals surface area (Å²) in [5, 5.41) is 0. The molecule has 1 fully saturated rings. The lowest BCUT2D eigenvalue weighted by molar-refractivity contribution is 0.521. The van der Waals surface area contributed by atoms with Crippen LogP contribution in [0.1, 0.15) is 33.1 Å². The van der Waals surface area contributed by atoms with Crippen LogP contribution in [0.15, 0.2) is 22.6 Å². The number of hydrogen-bond donors (Lipinski definition) is 1. The maximum absolute atomic E-state index is 5.88. The van der Waals surface area contributed by atoms with Crippen molar-refractivity contribution in [3.05, 3.63) is 18.2 Å². The molecule has 1 heterocycles. The summed E-state index contributed by atoms with van der Waals surface area (Å²) in [6, 6.07) is 7.00. The van der Waals surface area contributed by atoms with Gasteiger partial charge in [-0.1, -0.05) is 13.8 Å². The molecule has 102 valence electrons. The second kappa shape index (κ2) is 4.76. The molecule has 0 atom stereocenters. The van der Waals surface area contributed by atoms with Gasteiger partial charge in [0.15, 0.2) is 5.58 Å². The topological polar surface area (TPSA) is 55.3 Å². The predicted molar refractivity (Wildman–Crippen MR) is 78.2 cm³/mol. The minimum absolute atomic E-state index is 0.615. The molecule has 0 radical (unpaired) electrons. The van der Waals surface area contributed by atoms with Crippen LogP contribution >= 0.6 is 0 Å². The van der Waals surface area contributed by atoms with Gasteiger partial charge >= 0.3 is 0 Å². The Morgan fingerprint density at radius 1 is 1.42 bits per heavy atom. The number of nitrogen functional groups attached to an aromatic ring is 1. The van der Waals surface area contributed by atoms with E-state index in [4.69, 9.17) is 10.2 Å². The molecule has 0 bridgehead atoms. The van der Waals surface area contributed by atoms with Crippen LogP contribution in [-0.2, 0) is 0 Å². The van der Waals surface area contributed by atoms with Crippen molar-refractivity contribution in [3.63, 3.8) is 0 Å². The summed E-state index contributed by atoms with van der Waals surface area (Å²) in [6.07, 6.45) is 3.66. The maximum Gasteiger partial charge on any atom is 0.298 e. The quantitative estimate of drug-likeness (QED) is 0.836. The van der Waals surface area contributed by atoms with Crippen molar-refractivity contribution in [1.29, 1.82) is 0 Å². The van der Waals surface area contributed by atoms with Crippen molar-refractivity contribution in [2.75, 3.05) is 17.2 Å². The minimum Gasteiger partial charge on any atom is -0.423 e.